The average molecular weight is 323 g/mol. The smallest absolute Gasteiger partial charge is 0.238 e. The molecule has 2 N–H and O–H groups in total. The molecule has 4 rings (SSSR count). The van der Waals surface area contributed by atoms with Crippen LogP contribution in [0, 0.1) is 0 Å². The SMILES string of the molecule is O=C(NC1CC1)C(Sc1nc2ccccc2[nH]1)c1ccccc1. The zero-order valence-corrected chi connectivity index (χ0v) is 13.3. The number of carbonyl (C=O) groups is 1. The largest absolute Gasteiger partial charge is 0.352 e. The summed E-state index contributed by atoms with van der Waals surface area (Å²) >= 11 is 1.47. The van der Waals surface area contributed by atoms with Gasteiger partial charge in [-0.2, -0.15) is 0 Å². The van der Waals surface area contributed by atoms with Crippen LogP contribution in [0.4, 0.5) is 0 Å². The number of nitrogens with one attached hydrogen (secondary N) is 2. The van der Waals surface area contributed by atoms with Gasteiger partial charge in [-0.05, 0) is 30.5 Å². The summed E-state index contributed by atoms with van der Waals surface area (Å²) in [6.45, 7) is 0. The second kappa shape index (κ2) is 6.08. The van der Waals surface area contributed by atoms with Gasteiger partial charge in [-0.1, -0.05) is 54.2 Å². The van der Waals surface area contributed by atoms with Crippen LogP contribution in [0.1, 0.15) is 23.7 Å². The number of benzene rings is 2. The average Bonchev–Trinajstić information content (AvgIpc) is 3.29. The van der Waals surface area contributed by atoms with Crippen molar-refractivity contribution in [3.8, 4) is 0 Å². The predicted molar refractivity (Wildman–Crippen MR) is 92.3 cm³/mol. The number of amides is 1. The normalized spacial score (nSPS) is 15.5. The van der Waals surface area contributed by atoms with Crippen molar-refractivity contribution in [1.82, 2.24) is 15.3 Å². The summed E-state index contributed by atoms with van der Waals surface area (Å²) in [6.07, 6.45) is 2.17. The van der Waals surface area contributed by atoms with Gasteiger partial charge in [0.15, 0.2) is 5.16 Å². The molecule has 23 heavy (non-hydrogen) atoms. The molecule has 116 valence electrons. The molecule has 1 aliphatic rings. The van der Waals surface area contributed by atoms with Crippen LogP contribution in [0.25, 0.3) is 11.0 Å². The van der Waals surface area contributed by atoms with E-state index in [1.54, 1.807) is 0 Å². The summed E-state index contributed by atoms with van der Waals surface area (Å²) in [7, 11) is 0. The highest BCUT2D eigenvalue weighted by molar-refractivity contribution is 8.00. The fraction of sp³-hybridized carbons (Fsp3) is 0.222. The van der Waals surface area contributed by atoms with E-state index in [1.165, 1.54) is 11.8 Å². The Bertz CT molecular complexity index is 793. The van der Waals surface area contributed by atoms with Crippen molar-refractivity contribution in [2.45, 2.75) is 29.3 Å². The number of nitrogens with zero attached hydrogens (tertiary/aromatic N) is 1. The molecule has 3 aromatic rings. The molecule has 1 fully saturated rings. The van der Waals surface area contributed by atoms with E-state index in [1.807, 2.05) is 54.6 Å². The summed E-state index contributed by atoms with van der Waals surface area (Å²) in [6, 6.07) is 18.1. The highest BCUT2D eigenvalue weighted by Gasteiger charge is 2.29. The fourth-order valence-corrected chi connectivity index (χ4v) is 3.51. The fourth-order valence-electron chi connectivity index (χ4n) is 2.50. The van der Waals surface area contributed by atoms with Crippen LogP contribution in [-0.4, -0.2) is 21.9 Å². The number of fused-ring (bicyclic) bond motifs is 1. The van der Waals surface area contributed by atoms with Gasteiger partial charge < -0.3 is 10.3 Å². The van der Waals surface area contributed by atoms with Gasteiger partial charge in [-0.25, -0.2) is 4.98 Å². The number of para-hydroxylation sites is 2. The van der Waals surface area contributed by atoms with Crippen LogP contribution < -0.4 is 5.32 Å². The van der Waals surface area contributed by atoms with Gasteiger partial charge >= 0.3 is 0 Å². The Morgan fingerprint density at radius 2 is 1.87 bits per heavy atom. The van der Waals surface area contributed by atoms with Gasteiger partial charge in [0, 0.05) is 6.04 Å². The van der Waals surface area contributed by atoms with Gasteiger partial charge in [0.25, 0.3) is 0 Å². The molecule has 4 nitrogen and oxygen atoms in total. The van der Waals surface area contributed by atoms with Crippen molar-refractivity contribution in [2.24, 2.45) is 0 Å². The molecule has 0 aliphatic heterocycles. The summed E-state index contributed by atoms with van der Waals surface area (Å²) in [4.78, 5) is 20.5. The lowest BCUT2D eigenvalue weighted by atomic mass is 10.1. The van der Waals surface area contributed by atoms with E-state index in [2.05, 4.69) is 15.3 Å². The Morgan fingerprint density at radius 1 is 1.13 bits per heavy atom. The van der Waals surface area contributed by atoms with E-state index in [0.717, 1.165) is 34.6 Å². The second-order valence-corrected chi connectivity index (χ2v) is 6.84. The lowest BCUT2D eigenvalue weighted by Gasteiger charge is -2.15. The van der Waals surface area contributed by atoms with Crippen LogP contribution in [0.15, 0.2) is 59.8 Å². The Balaban J connectivity index is 1.62. The Hall–Kier alpha value is -2.27. The summed E-state index contributed by atoms with van der Waals surface area (Å²) in [5.41, 5.74) is 2.91. The number of aromatic nitrogens is 2. The first-order chi connectivity index (χ1) is 11.3. The molecule has 1 saturated carbocycles. The minimum atomic E-state index is -0.294. The maximum Gasteiger partial charge on any atom is 0.238 e. The van der Waals surface area contributed by atoms with Crippen molar-refractivity contribution < 1.29 is 4.79 Å². The molecule has 1 aliphatic carbocycles. The van der Waals surface area contributed by atoms with Gasteiger partial charge in [0.2, 0.25) is 5.91 Å². The molecule has 1 aromatic heterocycles. The number of rotatable bonds is 5. The van der Waals surface area contributed by atoms with Crippen LogP contribution in [-0.2, 0) is 4.79 Å². The Labute approximate surface area is 138 Å². The first-order valence-corrected chi connectivity index (χ1v) is 8.64. The standard InChI is InChI=1S/C18H17N3OS/c22-17(19-13-10-11-13)16(12-6-2-1-3-7-12)23-18-20-14-8-4-5-9-15(14)21-18/h1-9,13,16H,10-11H2,(H,19,22)(H,20,21). The lowest BCUT2D eigenvalue weighted by molar-refractivity contribution is -0.120. The maximum atomic E-state index is 12.6. The van der Waals surface area contributed by atoms with Crippen LogP contribution in [0.2, 0.25) is 0 Å². The summed E-state index contributed by atoms with van der Waals surface area (Å²) in [5.74, 6) is 0.0594. The molecule has 5 heteroatoms. The van der Waals surface area contributed by atoms with E-state index in [0.29, 0.717) is 6.04 Å². The van der Waals surface area contributed by atoms with Crippen molar-refractivity contribution in [1.29, 1.82) is 0 Å². The number of hydrogen-bond acceptors (Lipinski definition) is 3. The number of carbonyl (C=O) groups excluding carboxylic acids is 1. The highest BCUT2D eigenvalue weighted by atomic mass is 32.2. The molecule has 0 radical (unpaired) electrons. The third-order valence-corrected chi connectivity index (χ3v) is 5.00. The van der Waals surface area contributed by atoms with E-state index in [4.69, 9.17) is 0 Å². The van der Waals surface area contributed by atoms with Crippen molar-refractivity contribution in [2.75, 3.05) is 0 Å². The van der Waals surface area contributed by atoms with Crippen molar-refractivity contribution in [3.63, 3.8) is 0 Å². The number of hydrogen-bond donors (Lipinski definition) is 2. The third kappa shape index (κ3) is 3.24. The molecular weight excluding hydrogens is 306 g/mol. The van der Waals surface area contributed by atoms with Crippen molar-refractivity contribution in [3.05, 3.63) is 60.2 Å². The lowest BCUT2D eigenvalue weighted by Crippen LogP contribution is -2.29. The van der Waals surface area contributed by atoms with Gasteiger partial charge in [0.1, 0.15) is 5.25 Å². The summed E-state index contributed by atoms with van der Waals surface area (Å²) in [5, 5.41) is 3.58. The molecule has 1 amide bonds. The Morgan fingerprint density at radius 3 is 2.61 bits per heavy atom. The maximum absolute atomic E-state index is 12.6. The molecule has 1 atom stereocenters. The zero-order valence-electron chi connectivity index (χ0n) is 12.5. The van der Waals surface area contributed by atoms with Crippen molar-refractivity contribution >= 4 is 28.7 Å². The topological polar surface area (TPSA) is 57.8 Å². The van der Waals surface area contributed by atoms with Gasteiger partial charge in [0.05, 0.1) is 11.0 Å². The molecule has 2 aromatic carbocycles. The predicted octanol–water partition coefficient (Wildman–Crippen LogP) is 3.67. The molecule has 1 heterocycles. The number of thioether (sulfide) groups is 1. The Kier molecular flexibility index (Phi) is 3.79. The van der Waals surface area contributed by atoms with E-state index in [9.17, 15) is 4.79 Å². The molecule has 0 spiro atoms. The number of imidazole rings is 1. The minimum Gasteiger partial charge on any atom is -0.352 e. The second-order valence-electron chi connectivity index (χ2n) is 5.75. The number of aromatic amines is 1. The summed E-state index contributed by atoms with van der Waals surface area (Å²) < 4.78 is 0. The molecule has 1 unspecified atom stereocenters. The number of H-pyrrole nitrogens is 1. The van der Waals surface area contributed by atoms with E-state index in [-0.39, 0.29) is 11.2 Å². The van der Waals surface area contributed by atoms with Gasteiger partial charge in [-0.15, -0.1) is 0 Å². The minimum absolute atomic E-state index is 0.0594. The van der Waals surface area contributed by atoms with E-state index >= 15 is 0 Å². The monoisotopic (exact) mass is 323 g/mol. The molecule has 0 bridgehead atoms. The van der Waals surface area contributed by atoms with Gasteiger partial charge in [-0.3, -0.25) is 4.79 Å². The van der Waals surface area contributed by atoms with Crippen LogP contribution in [0.5, 0.6) is 0 Å². The molecule has 0 saturated heterocycles. The highest BCUT2D eigenvalue weighted by Crippen LogP contribution is 2.35. The molecular formula is C18H17N3OS. The van der Waals surface area contributed by atoms with Crippen LogP contribution in [0.3, 0.4) is 0 Å². The zero-order chi connectivity index (χ0) is 15.6. The first-order valence-electron chi connectivity index (χ1n) is 7.76. The third-order valence-electron chi connectivity index (χ3n) is 3.86. The quantitative estimate of drug-likeness (QED) is 0.704. The van der Waals surface area contributed by atoms with Crippen LogP contribution >= 0.6 is 11.8 Å². The first kappa shape index (κ1) is 14.3. The van der Waals surface area contributed by atoms with E-state index < -0.39 is 0 Å².